The zero-order valence-corrected chi connectivity index (χ0v) is 28.6. The number of carbonyl (C=O) groups excluding carboxylic acids is 2. The van der Waals surface area contributed by atoms with Gasteiger partial charge >= 0.3 is 0 Å². The Morgan fingerprint density at radius 2 is 1.48 bits per heavy atom. The van der Waals surface area contributed by atoms with E-state index in [1.165, 1.54) is 37.3 Å². The van der Waals surface area contributed by atoms with Gasteiger partial charge in [-0.1, -0.05) is 91.2 Å². The number of nitrogens with zero attached hydrogens (tertiary/aromatic N) is 2. The molecule has 1 aliphatic carbocycles. The van der Waals surface area contributed by atoms with Crippen LogP contribution in [0, 0.1) is 0 Å². The van der Waals surface area contributed by atoms with Crippen LogP contribution in [-0.2, 0) is 32.6 Å². The number of amides is 2. The van der Waals surface area contributed by atoms with Crippen LogP contribution in [0.2, 0.25) is 5.02 Å². The Bertz CT molecular complexity index is 1800. The van der Waals surface area contributed by atoms with Crippen molar-refractivity contribution in [3.05, 3.63) is 119 Å². The molecule has 9 nitrogen and oxygen atoms in total. The Kier molecular flexibility index (Phi) is 11.6. The van der Waals surface area contributed by atoms with Crippen LogP contribution in [0.1, 0.15) is 36.8 Å². The van der Waals surface area contributed by atoms with Gasteiger partial charge in [-0.25, -0.2) is 8.42 Å². The summed E-state index contributed by atoms with van der Waals surface area (Å²) in [6.07, 6.45) is 4.00. The first kappa shape index (κ1) is 34.8. The van der Waals surface area contributed by atoms with Gasteiger partial charge in [0.1, 0.15) is 12.6 Å². The van der Waals surface area contributed by atoms with Crippen LogP contribution in [0.5, 0.6) is 11.5 Å². The fourth-order valence-electron chi connectivity index (χ4n) is 5.96. The lowest BCUT2D eigenvalue weighted by molar-refractivity contribution is -0.140. The molecule has 0 unspecified atom stereocenters. The highest BCUT2D eigenvalue weighted by Gasteiger charge is 2.36. The molecule has 0 radical (unpaired) electrons. The molecule has 48 heavy (non-hydrogen) atoms. The number of hydrogen-bond acceptors (Lipinski definition) is 6. The third kappa shape index (κ3) is 8.29. The van der Waals surface area contributed by atoms with E-state index in [2.05, 4.69) is 5.32 Å². The van der Waals surface area contributed by atoms with E-state index in [1.807, 2.05) is 36.4 Å². The monoisotopic (exact) mass is 689 g/mol. The molecule has 11 heteroatoms. The lowest BCUT2D eigenvalue weighted by Crippen LogP contribution is -2.54. The maximum Gasteiger partial charge on any atom is 0.264 e. The smallest absolute Gasteiger partial charge is 0.264 e. The van der Waals surface area contributed by atoms with E-state index in [0.29, 0.717) is 22.1 Å². The van der Waals surface area contributed by atoms with Crippen molar-refractivity contribution >= 4 is 39.1 Å². The van der Waals surface area contributed by atoms with Crippen molar-refractivity contribution in [2.24, 2.45) is 0 Å². The van der Waals surface area contributed by atoms with Gasteiger partial charge in [-0.15, -0.1) is 0 Å². The van der Waals surface area contributed by atoms with E-state index in [4.69, 9.17) is 21.1 Å². The number of ether oxygens (including phenoxy) is 2. The molecular formula is C37H40ClN3O6S. The Labute approximate surface area is 287 Å². The first-order chi connectivity index (χ1) is 23.2. The zero-order valence-electron chi connectivity index (χ0n) is 27.0. The summed E-state index contributed by atoms with van der Waals surface area (Å²) in [4.78, 5) is 30.3. The quantitative estimate of drug-likeness (QED) is 0.168. The van der Waals surface area contributed by atoms with Crippen molar-refractivity contribution in [1.82, 2.24) is 10.2 Å². The average molecular weight is 690 g/mol. The molecule has 1 atom stereocenters. The minimum atomic E-state index is -4.27. The van der Waals surface area contributed by atoms with Crippen LogP contribution in [0.3, 0.4) is 0 Å². The summed E-state index contributed by atoms with van der Waals surface area (Å²) in [6.45, 7) is -0.613. The van der Waals surface area contributed by atoms with Crippen LogP contribution in [0.4, 0.5) is 5.69 Å². The molecule has 4 aromatic rings. The summed E-state index contributed by atoms with van der Waals surface area (Å²) in [5.74, 6) is -0.181. The number of sulfonamides is 1. The van der Waals surface area contributed by atoms with Crippen molar-refractivity contribution in [3.8, 4) is 11.5 Å². The minimum Gasteiger partial charge on any atom is -0.493 e. The topological polar surface area (TPSA) is 105 Å². The first-order valence-electron chi connectivity index (χ1n) is 15.9. The lowest BCUT2D eigenvalue weighted by Gasteiger charge is -2.34. The number of methoxy groups -OCH3 is 2. The SMILES string of the molecule is COc1ccc(N(CC(=O)N(Cc2ccccc2Cl)[C@@H](Cc2ccccc2)C(=O)NC2CCCC2)S(=O)(=O)c2ccccc2)cc1OC. The summed E-state index contributed by atoms with van der Waals surface area (Å²) >= 11 is 6.60. The molecule has 4 aromatic carbocycles. The van der Waals surface area contributed by atoms with Crippen LogP contribution in [0.15, 0.2) is 108 Å². The molecule has 0 saturated heterocycles. The summed E-state index contributed by atoms with van der Waals surface area (Å²) < 4.78 is 40.4. The molecule has 0 bridgehead atoms. The van der Waals surface area contributed by atoms with E-state index < -0.39 is 28.5 Å². The zero-order chi connectivity index (χ0) is 34.1. The molecule has 2 amide bonds. The van der Waals surface area contributed by atoms with E-state index in [9.17, 15) is 18.0 Å². The van der Waals surface area contributed by atoms with Gasteiger partial charge < -0.3 is 19.7 Å². The molecule has 1 fully saturated rings. The van der Waals surface area contributed by atoms with E-state index >= 15 is 0 Å². The van der Waals surface area contributed by atoms with E-state index in [0.717, 1.165) is 35.6 Å². The van der Waals surface area contributed by atoms with Gasteiger partial charge in [0.2, 0.25) is 11.8 Å². The van der Waals surface area contributed by atoms with Gasteiger partial charge in [0.15, 0.2) is 11.5 Å². The number of carbonyl (C=O) groups is 2. The first-order valence-corrected chi connectivity index (χ1v) is 17.7. The Morgan fingerprint density at radius 3 is 2.12 bits per heavy atom. The molecule has 5 rings (SSSR count). The Hall–Kier alpha value is -4.54. The molecular weight excluding hydrogens is 650 g/mol. The van der Waals surface area contributed by atoms with Gasteiger partial charge in [0, 0.05) is 30.1 Å². The summed E-state index contributed by atoms with van der Waals surface area (Å²) in [6, 6.07) is 28.2. The number of benzene rings is 4. The van der Waals surface area contributed by atoms with Crippen LogP contribution in [-0.4, -0.2) is 58.0 Å². The number of halogens is 1. The second-order valence-electron chi connectivity index (χ2n) is 11.7. The predicted octanol–water partition coefficient (Wildman–Crippen LogP) is 6.25. The highest BCUT2D eigenvalue weighted by Crippen LogP contribution is 2.34. The maximum absolute atomic E-state index is 14.7. The highest BCUT2D eigenvalue weighted by atomic mass is 35.5. The van der Waals surface area contributed by atoms with Crippen LogP contribution in [0.25, 0.3) is 0 Å². The number of hydrogen-bond donors (Lipinski definition) is 1. The average Bonchev–Trinajstić information content (AvgIpc) is 3.62. The van der Waals surface area contributed by atoms with Crippen molar-refractivity contribution in [3.63, 3.8) is 0 Å². The summed E-state index contributed by atoms with van der Waals surface area (Å²) in [7, 11) is -1.34. The number of anilines is 1. The molecule has 0 aromatic heterocycles. The second-order valence-corrected chi connectivity index (χ2v) is 13.9. The summed E-state index contributed by atoms with van der Waals surface area (Å²) in [5.41, 5.74) is 1.68. The standard InChI is InChI=1S/C37H40ClN3O6S/c1-46-34-22-21-30(24-35(34)47-2)41(48(44,45)31-18-7-4-8-19-31)26-36(42)40(25-28-15-9-12-20-32(28)38)33(23-27-13-5-3-6-14-27)37(43)39-29-16-10-11-17-29/h3-9,12-15,18-22,24,29,33H,10-11,16-17,23,25-26H2,1-2H3,(H,39,43)/t33-/m0/s1. The summed E-state index contributed by atoms with van der Waals surface area (Å²) in [5, 5.41) is 3.60. The second kappa shape index (κ2) is 16.0. The van der Waals surface area contributed by atoms with E-state index in [1.54, 1.807) is 48.5 Å². The number of rotatable bonds is 14. The fourth-order valence-corrected chi connectivity index (χ4v) is 7.58. The van der Waals surface area contributed by atoms with Gasteiger partial charge in [-0.3, -0.25) is 13.9 Å². The fraction of sp³-hybridized carbons (Fsp3) is 0.297. The van der Waals surface area contributed by atoms with Gasteiger partial charge in [0.25, 0.3) is 10.0 Å². The van der Waals surface area contributed by atoms with Gasteiger partial charge in [-0.05, 0) is 54.3 Å². The highest BCUT2D eigenvalue weighted by molar-refractivity contribution is 7.92. The van der Waals surface area contributed by atoms with Crippen molar-refractivity contribution < 1.29 is 27.5 Å². The largest absolute Gasteiger partial charge is 0.493 e. The molecule has 0 heterocycles. The van der Waals surface area contributed by atoms with Gasteiger partial charge in [-0.2, -0.15) is 0 Å². The van der Waals surface area contributed by atoms with Gasteiger partial charge in [0.05, 0.1) is 24.8 Å². The molecule has 0 spiro atoms. The lowest BCUT2D eigenvalue weighted by atomic mass is 10.0. The maximum atomic E-state index is 14.7. The molecule has 1 N–H and O–H groups in total. The van der Waals surface area contributed by atoms with Crippen molar-refractivity contribution in [2.45, 2.75) is 55.6 Å². The minimum absolute atomic E-state index is 0.00468. The van der Waals surface area contributed by atoms with Crippen LogP contribution >= 0.6 is 11.6 Å². The van der Waals surface area contributed by atoms with Crippen molar-refractivity contribution in [2.75, 3.05) is 25.1 Å². The molecule has 1 saturated carbocycles. The normalized spacial score (nSPS) is 13.8. The van der Waals surface area contributed by atoms with E-state index in [-0.39, 0.29) is 35.5 Å². The molecule has 1 aliphatic rings. The number of nitrogens with one attached hydrogen (secondary N) is 1. The predicted molar refractivity (Wildman–Crippen MR) is 187 cm³/mol. The van der Waals surface area contributed by atoms with Crippen LogP contribution < -0.4 is 19.1 Å². The third-order valence-electron chi connectivity index (χ3n) is 8.54. The Balaban J connectivity index is 1.59. The van der Waals surface area contributed by atoms with Crippen molar-refractivity contribution in [1.29, 1.82) is 0 Å². The molecule has 0 aliphatic heterocycles. The third-order valence-corrected chi connectivity index (χ3v) is 10.7. The Morgan fingerprint density at radius 1 is 0.854 bits per heavy atom. The molecule has 252 valence electrons.